The van der Waals surface area contributed by atoms with Gasteiger partial charge in [0, 0.05) is 18.1 Å². The number of hydrogen-bond acceptors (Lipinski definition) is 6. The minimum Gasteiger partial charge on any atom is -0.336 e. The fourth-order valence-corrected chi connectivity index (χ4v) is 4.00. The maximum Gasteiger partial charge on any atom is 0.267 e. The van der Waals surface area contributed by atoms with E-state index in [9.17, 15) is 14.4 Å². The van der Waals surface area contributed by atoms with E-state index in [2.05, 4.69) is 15.6 Å². The van der Waals surface area contributed by atoms with Crippen molar-refractivity contribution in [2.45, 2.75) is 6.42 Å². The Morgan fingerprint density at radius 3 is 2.60 bits per heavy atom. The maximum absolute atomic E-state index is 12.4. The van der Waals surface area contributed by atoms with Crippen LogP contribution in [0.2, 0.25) is 10.0 Å². The monoisotopic (exact) mass is 482 g/mol. The van der Waals surface area contributed by atoms with E-state index in [0.29, 0.717) is 31.4 Å². The van der Waals surface area contributed by atoms with Gasteiger partial charge in [0.05, 0.1) is 33.6 Å². The maximum atomic E-state index is 12.4. The number of hydrogen-bond donors (Lipinski definition) is 2. The lowest BCUT2D eigenvalue weighted by Gasteiger charge is -2.16. The van der Waals surface area contributed by atoms with Crippen LogP contribution < -0.4 is 10.6 Å². The molecular weight excluding hydrogens is 467 g/mol. The quantitative estimate of drug-likeness (QED) is 0.521. The lowest BCUT2D eigenvalue weighted by molar-refractivity contribution is -0.132. The fourth-order valence-electron chi connectivity index (χ4n) is 2.38. The highest BCUT2D eigenvalue weighted by Gasteiger charge is 2.16. The molecule has 3 rings (SSSR count). The molecule has 0 aliphatic heterocycles. The molecule has 0 saturated heterocycles. The summed E-state index contributed by atoms with van der Waals surface area (Å²) in [5.74, 6) is -0.888. The summed E-state index contributed by atoms with van der Waals surface area (Å²) in [4.78, 5) is 42.8. The van der Waals surface area contributed by atoms with Crippen molar-refractivity contribution < 1.29 is 14.4 Å². The van der Waals surface area contributed by atoms with Gasteiger partial charge in [-0.2, -0.15) is 0 Å². The van der Waals surface area contributed by atoms with Gasteiger partial charge in [0.2, 0.25) is 11.8 Å². The number of rotatable bonds is 7. The molecule has 0 radical (unpaired) electrons. The smallest absolute Gasteiger partial charge is 0.267 e. The van der Waals surface area contributed by atoms with Crippen LogP contribution in [0.15, 0.2) is 41.1 Å². The molecule has 0 bridgehead atoms. The van der Waals surface area contributed by atoms with E-state index < -0.39 is 0 Å². The molecule has 0 spiro atoms. The Labute approximate surface area is 190 Å². The van der Waals surface area contributed by atoms with Gasteiger partial charge in [0.1, 0.15) is 0 Å². The minimum atomic E-state index is -0.369. The van der Waals surface area contributed by atoms with Crippen molar-refractivity contribution in [2.24, 2.45) is 0 Å². The second-order valence-corrected chi connectivity index (χ2v) is 8.80. The number of halogens is 2. The second-order valence-electron chi connectivity index (χ2n) is 6.18. The van der Waals surface area contributed by atoms with E-state index in [1.165, 1.54) is 40.7 Å². The number of carbonyl (C=O) groups excluding carboxylic acids is 3. The molecule has 2 aromatic heterocycles. The molecule has 1 aromatic carbocycles. The van der Waals surface area contributed by atoms with Crippen molar-refractivity contribution >= 4 is 74.4 Å². The van der Waals surface area contributed by atoms with Crippen LogP contribution in [0.3, 0.4) is 0 Å². The van der Waals surface area contributed by atoms with E-state index in [0.717, 1.165) is 0 Å². The van der Waals surface area contributed by atoms with Gasteiger partial charge in [-0.3, -0.25) is 19.7 Å². The lowest BCUT2D eigenvalue weighted by atomic mass is 10.3. The van der Waals surface area contributed by atoms with Crippen molar-refractivity contribution in [1.82, 2.24) is 9.88 Å². The molecule has 0 unspecified atom stereocenters. The van der Waals surface area contributed by atoms with E-state index in [-0.39, 0.29) is 30.7 Å². The van der Waals surface area contributed by atoms with E-state index >= 15 is 0 Å². The molecule has 0 fully saturated rings. The van der Waals surface area contributed by atoms with Crippen molar-refractivity contribution in [1.29, 1.82) is 0 Å². The van der Waals surface area contributed by atoms with Gasteiger partial charge >= 0.3 is 0 Å². The highest BCUT2D eigenvalue weighted by atomic mass is 35.5. The van der Waals surface area contributed by atoms with Crippen LogP contribution in [0.4, 0.5) is 10.8 Å². The third-order valence-electron chi connectivity index (χ3n) is 3.86. The van der Waals surface area contributed by atoms with Crippen LogP contribution in [-0.4, -0.2) is 41.2 Å². The number of amides is 3. The van der Waals surface area contributed by atoms with Crippen LogP contribution in [0, 0.1) is 0 Å². The summed E-state index contributed by atoms with van der Waals surface area (Å²) in [6.45, 7) is -0.134. The number of likely N-dealkylation sites (N-methyl/N-ethyl adjacent to an activating group) is 1. The number of nitrogens with zero attached hydrogens (tertiary/aromatic N) is 2. The Hall–Kier alpha value is -2.46. The third kappa shape index (κ3) is 6.02. The molecule has 0 aliphatic rings. The Balaban J connectivity index is 1.50. The number of thiazole rings is 1. The van der Waals surface area contributed by atoms with Gasteiger partial charge in [0.25, 0.3) is 5.91 Å². The molecule has 0 aliphatic carbocycles. The number of carbonyl (C=O) groups is 3. The van der Waals surface area contributed by atoms with Crippen molar-refractivity contribution in [3.63, 3.8) is 0 Å². The van der Waals surface area contributed by atoms with Crippen molar-refractivity contribution in [3.05, 3.63) is 61.7 Å². The SMILES string of the molecule is CN(CC(=O)Nc1ccc(Cl)c(Cl)c1)C(=O)Cc1csc(NC(=O)c2cccs2)n1. The molecule has 30 heavy (non-hydrogen) atoms. The van der Waals surface area contributed by atoms with Gasteiger partial charge in [-0.05, 0) is 29.6 Å². The lowest BCUT2D eigenvalue weighted by Crippen LogP contribution is -2.35. The topological polar surface area (TPSA) is 91.4 Å². The molecule has 0 atom stereocenters. The van der Waals surface area contributed by atoms with Gasteiger partial charge in [-0.1, -0.05) is 29.3 Å². The van der Waals surface area contributed by atoms with Gasteiger partial charge in [0.15, 0.2) is 5.13 Å². The van der Waals surface area contributed by atoms with Crippen LogP contribution in [0.1, 0.15) is 15.4 Å². The largest absolute Gasteiger partial charge is 0.336 e. The average Bonchev–Trinajstić information content (AvgIpc) is 3.37. The first-order valence-corrected chi connectivity index (χ1v) is 11.1. The second kappa shape index (κ2) is 10.0. The summed E-state index contributed by atoms with van der Waals surface area (Å²) >= 11 is 14.3. The Bertz CT molecular complexity index is 1070. The molecule has 156 valence electrons. The number of thiophene rings is 1. The summed E-state index contributed by atoms with van der Waals surface area (Å²) in [6, 6.07) is 8.24. The molecule has 2 N–H and O–H groups in total. The normalized spacial score (nSPS) is 10.5. The predicted molar refractivity (Wildman–Crippen MR) is 121 cm³/mol. The molecule has 7 nitrogen and oxygen atoms in total. The standard InChI is InChI=1S/C19H16Cl2N4O3S2/c1-25(9-16(26)22-11-4-5-13(20)14(21)7-11)17(27)8-12-10-30-19(23-12)24-18(28)15-3-2-6-29-15/h2-7,10H,8-9H2,1H3,(H,22,26)(H,23,24,28). The van der Waals surface area contributed by atoms with E-state index in [1.807, 2.05) is 5.38 Å². The zero-order valence-electron chi connectivity index (χ0n) is 15.6. The number of benzene rings is 1. The highest BCUT2D eigenvalue weighted by molar-refractivity contribution is 7.14. The Morgan fingerprint density at radius 1 is 1.10 bits per heavy atom. The summed E-state index contributed by atoms with van der Waals surface area (Å²) in [6.07, 6.45) is 0.0158. The zero-order valence-corrected chi connectivity index (χ0v) is 18.8. The molecular formula is C19H16Cl2N4O3S2. The minimum absolute atomic E-state index is 0.0158. The number of nitrogens with one attached hydrogen (secondary N) is 2. The molecule has 3 amide bonds. The molecule has 11 heteroatoms. The predicted octanol–water partition coefficient (Wildman–Crippen LogP) is 4.40. The summed E-state index contributed by atoms with van der Waals surface area (Å²) < 4.78 is 0. The van der Waals surface area contributed by atoms with E-state index in [1.54, 1.807) is 29.6 Å². The molecule has 2 heterocycles. The van der Waals surface area contributed by atoms with E-state index in [4.69, 9.17) is 23.2 Å². The Kier molecular flexibility index (Phi) is 7.43. The molecule has 3 aromatic rings. The first kappa shape index (κ1) is 22.2. The average molecular weight is 483 g/mol. The Morgan fingerprint density at radius 2 is 1.90 bits per heavy atom. The van der Waals surface area contributed by atoms with Gasteiger partial charge in [-0.25, -0.2) is 4.98 Å². The number of aromatic nitrogens is 1. The molecule has 0 saturated carbocycles. The van der Waals surface area contributed by atoms with Gasteiger partial charge < -0.3 is 10.2 Å². The van der Waals surface area contributed by atoms with Crippen LogP contribution in [0.5, 0.6) is 0 Å². The highest BCUT2D eigenvalue weighted by Crippen LogP contribution is 2.25. The van der Waals surface area contributed by atoms with Gasteiger partial charge in [-0.15, -0.1) is 22.7 Å². The summed E-state index contributed by atoms with van der Waals surface area (Å²) in [5.41, 5.74) is 1.00. The third-order valence-corrected chi connectivity index (χ3v) is 6.27. The first-order valence-electron chi connectivity index (χ1n) is 8.60. The zero-order chi connectivity index (χ0) is 21.7. The summed E-state index contributed by atoms with van der Waals surface area (Å²) in [5, 5.41) is 10.0. The first-order chi connectivity index (χ1) is 14.3. The van der Waals surface area contributed by atoms with Crippen LogP contribution >= 0.6 is 45.9 Å². The van der Waals surface area contributed by atoms with Crippen LogP contribution in [-0.2, 0) is 16.0 Å². The van der Waals surface area contributed by atoms with Crippen molar-refractivity contribution in [2.75, 3.05) is 24.2 Å². The van der Waals surface area contributed by atoms with Crippen LogP contribution in [0.25, 0.3) is 0 Å². The van der Waals surface area contributed by atoms with Crippen molar-refractivity contribution in [3.8, 4) is 0 Å². The number of anilines is 2. The fraction of sp³-hybridized carbons (Fsp3) is 0.158. The summed E-state index contributed by atoms with van der Waals surface area (Å²) in [7, 11) is 1.53.